The first-order valence-corrected chi connectivity index (χ1v) is 10.6. The minimum absolute atomic E-state index is 0.0923. The maximum Gasteiger partial charge on any atom is 0.321 e. The first-order valence-electron chi connectivity index (χ1n) is 8.27. The number of carbonyl (C=O) groups is 2. The Hall–Kier alpha value is -2.23. The van der Waals surface area contributed by atoms with Gasteiger partial charge in [0, 0.05) is 18.5 Å². The number of nitrogens with one attached hydrogen (secondary N) is 1. The van der Waals surface area contributed by atoms with Crippen molar-refractivity contribution in [3.05, 3.63) is 52.2 Å². The molecule has 0 radical (unpaired) electrons. The third kappa shape index (κ3) is 6.46. The highest BCUT2D eigenvalue weighted by Gasteiger charge is 2.23. The van der Waals surface area contributed by atoms with Crippen LogP contribution in [0.1, 0.15) is 10.4 Å². The molecule has 2 aromatic rings. The molecular weight excluding hydrogens is 388 g/mol. The fourth-order valence-electron chi connectivity index (χ4n) is 2.18. The minimum atomic E-state index is -3.80. The fourth-order valence-corrected chi connectivity index (χ4v) is 4.00. The van der Waals surface area contributed by atoms with E-state index in [2.05, 4.69) is 5.32 Å². The van der Waals surface area contributed by atoms with Gasteiger partial charge in [-0.1, -0.05) is 23.8 Å². The lowest BCUT2D eigenvalue weighted by molar-refractivity contribution is -0.148. The van der Waals surface area contributed by atoms with Crippen LogP contribution in [0, 0.1) is 6.92 Å². The van der Waals surface area contributed by atoms with Crippen molar-refractivity contribution in [2.75, 3.05) is 26.7 Å². The van der Waals surface area contributed by atoms with Crippen LogP contribution in [0.5, 0.6) is 0 Å². The monoisotopic (exact) mass is 410 g/mol. The zero-order valence-corrected chi connectivity index (χ0v) is 16.8. The number of thiophene rings is 1. The molecule has 1 heterocycles. The number of rotatable bonds is 9. The van der Waals surface area contributed by atoms with E-state index >= 15 is 0 Å². The zero-order chi connectivity index (χ0) is 19.9. The third-order valence-corrected chi connectivity index (χ3v) is 6.47. The Kier molecular flexibility index (Phi) is 7.52. The first-order chi connectivity index (χ1) is 12.8. The summed E-state index contributed by atoms with van der Waals surface area (Å²) in [7, 11) is -2.51. The van der Waals surface area contributed by atoms with Gasteiger partial charge in [-0.05, 0) is 36.9 Å². The van der Waals surface area contributed by atoms with E-state index < -0.39 is 35.1 Å². The van der Waals surface area contributed by atoms with Crippen molar-refractivity contribution in [3.63, 3.8) is 0 Å². The van der Waals surface area contributed by atoms with Crippen molar-refractivity contribution < 1.29 is 22.7 Å². The van der Waals surface area contributed by atoms with Crippen LogP contribution in [0.25, 0.3) is 0 Å². The van der Waals surface area contributed by atoms with E-state index in [1.54, 1.807) is 23.5 Å². The quantitative estimate of drug-likeness (QED) is 0.634. The molecule has 0 aliphatic rings. The summed E-state index contributed by atoms with van der Waals surface area (Å²) in [6.45, 7) is 1.38. The molecule has 1 aromatic heterocycles. The van der Waals surface area contributed by atoms with Crippen molar-refractivity contribution in [2.24, 2.45) is 0 Å². The van der Waals surface area contributed by atoms with Crippen molar-refractivity contribution in [2.45, 2.75) is 18.2 Å². The number of hydrogen-bond acceptors (Lipinski definition) is 6. The molecule has 0 fully saturated rings. The Morgan fingerprint density at radius 1 is 1.19 bits per heavy atom. The van der Waals surface area contributed by atoms with Gasteiger partial charge in [0.15, 0.2) is 6.61 Å². The predicted octanol–water partition coefficient (Wildman–Crippen LogP) is 1.58. The van der Waals surface area contributed by atoms with E-state index in [0.29, 0.717) is 13.0 Å². The topological polar surface area (TPSA) is 92.8 Å². The summed E-state index contributed by atoms with van der Waals surface area (Å²) in [5, 5.41) is 4.61. The Bertz CT molecular complexity index is 862. The van der Waals surface area contributed by atoms with Crippen LogP contribution >= 0.6 is 11.3 Å². The van der Waals surface area contributed by atoms with E-state index in [-0.39, 0.29) is 4.90 Å². The van der Waals surface area contributed by atoms with Gasteiger partial charge >= 0.3 is 5.97 Å². The normalized spacial score (nSPS) is 11.4. The van der Waals surface area contributed by atoms with Gasteiger partial charge in [0.1, 0.15) is 6.54 Å². The maximum absolute atomic E-state index is 12.4. The number of carbonyl (C=O) groups excluding carboxylic acids is 2. The molecule has 1 N–H and O–H groups in total. The molecule has 146 valence electrons. The number of hydrogen-bond donors (Lipinski definition) is 1. The average Bonchev–Trinajstić information content (AvgIpc) is 3.13. The van der Waals surface area contributed by atoms with Crippen molar-refractivity contribution in [1.29, 1.82) is 0 Å². The fraction of sp³-hybridized carbons (Fsp3) is 0.333. The zero-order valence-electron chi connectivity index (χ0n) is 15.2. The molecule has 0 spiro atoms. The molecular formula is C18H22N2O5S2. The SMILES string of the molecule is Cc1ccc(S(=O)(=O)N(C)CC(=O)OCC(=O)NCCc2cccs2)cc1. The number of sulfonamides is 1. The Labute approximate surface area is 163 Å². The standard InChI is InChI=1S/C18H22N2O5S2/c1-14-5-7-16(8-6-14)27(23,24)20(2)12-18(22)25-13-17(21)19-10-9-15-4-3-11-26-15/h3-8,11H,9-10,12-13H2,1-2H3,(H,19,21). The molecule has 0 bridgehead atoms. The van der Waals surface area contributed by atoms with E-state index in [4.69, 9.17) is 4.74 Å². The summed E-state index contributed by atoms with van der Waals surface area (Å²) in [5.74, 6) is -1.22. The van der Waals surface area contributed by atoms with Gasteiger partial charge in [0.25, 0.3) is 5.91 Å². The van der Waals surface area contributed by atoms with Crippen LogP contribution in [-0.2, 0) is 30.8 Å². The van der Waals surface area contributed by atoms with E-state index in [9.17, 15) is 18.0 Å². The number of likely N-dealkylation sites (N-methyl/N-ethyl adjacent to an activating group) is 1. The largest absolute Gasteiger partial charge is 0.455 e. The number of esters is 1. The van der Waals surface area contributed by atoms with E-state index in [0.717, 1.165) is 14.7 Å². The smallest absolute Gasteiger partial charge is 0.321 e. The molecule has 0 saturated heterocycles. The summed E-state index contributed by atoms with van der Waals surface area (Å²) in [5.41, 5.74) is 0.932. The highest BCUT2D eigenvalue weighted by molar-refractivity contribution is 7.89. The van der Waals surface area contributed by atoms with Gasteiger partial charge < -0.3 is 10.1 Å². The van der Waals surface area contributed by atoms with Crippen molar-refractivity contribution in [1.82, 2.24) is 9.62 Å². The van der Waals surface area contributed by atoms with Gasteiger partial charge in [-0.15, -0.1) is 11.3 Å². The van der Waals surface area contributed by atoms with Gasteiger partial charge in [0.05, 0.1) is 4.90 Å². The highest BCUT2D eigenvalue weighted by atomic mass is 32.2. The third-order valence-electron chi connectivity index (χ3n) is 3.72. The molecule has 0 atom stereocenters. The molecule has 2 rings (SSSR count). The van der Waals surface area contributed by atoms with Crippen LogP contribution < -0.4 is 5.32 Å². The van der Waals surface area contributed by atoms with Crippen molar-refractivity contribution >= 4 is 33.2 Å². The molecule has 0 aliphatic carbocycles. The van der Waals surface area contributed by atoms with Crippen molar-refractivity contribution in [3.8, 4) is 0 Å². The molecule has 1 aromatic carbocycles. The molecule has 1 amide bonds. The first kappa shape index (κ1) is 21.1. The molecule has 7 nitrogen and oxygen atoms in total. The number of nitrogens with zero attached hydrogens (tertiary/aromatic N) is 1. The second-order valence-corrected chi connectivity index (χ2v) is 8.99. The van der Waals surface area contributed by atoms with E-state index in [1.165, 1.54) is 19.2 Å². The summed E-state index contributed by atoms with van der Waals surface area (Å²) in [6.07, 6.45) is 0.703. The van der Waals surface area contributed by atoms with E-state index in [1.807, 2.05) is 24.4 Å². The molecule has 9 heteroatoms. The van der Waals surface area contributed by atoms with Gasteiger partial charge in [-0.3, -0.25) is 9.59 Å². The molecule has 0 unspecified atom stereocenters. The predicted molar refractivity (Wildman–Crippen MR) is 103 cm³/mol. The van der Waals surface area contributed by atoms with Crippen LogP contribution in [0.15, 0.2) is 46.7 Å². The Morgan fingerprint density at radius 3 is 2.52 bits per heavy atom. The molecule has 0 aliphatic heterocycles. The summed E-state index contributed by atoms with van der Waals surface area (Å²) in [6, 6.07) is 10.2. The van der Waals surface area contributed by atoms with Gasteiger partial charge in [-0.2, -0.15) is 4.31 Å². The second kappa shape index (κ2) is 9.63. The summed E-state index contributed by atoms with van der Waals surface area (Å²) < 4.78 is 30.6. The molecule has 27 heavy (non-hydrogen) atoms. The lowest BCUT2D eigenvalue weighted by Gasteiger charge is -2.16. The van der Waals surface area contributed by atoms with Gasteiger partial charge in [-0.25, -0.2) is 8.42 Å². The molecule has 0 saturated carbocycles. The lowest BCUT2D eigenvalue weighted by atomic mass is 10.2. The number of benzene rings is 1. The number of amides is 1. The minimum Gasteiger partial charge on any atom is -0.455 e. The van der Waals surface area contributed by atoms with Crippen LogP contribution in [-0.4, -0.2) is 51.3 Å². The summed E-state index contributed by atoms with van der Waals surface area (Å²) in [4.78, 5) is 24.8. The second-order valence-electron chi connectivity index (χ2n) is 5.91. The van der Waals surface area contributed by atoms with Crippen LogP contribution in [0.3, 0.4) is 0 Å². The number of aryl methyl sites for hydroxylation is 1. The highest BCUT2D eigenvalue weighted by Crippen LogP contribution is 2.14. The Morgan fingerprint density at radius 2 is 1.89 bits per heavy atom. The maximum atomic E-state index is 12.4. The average molecular weight is 411 g/mol. The number of ether oxygens (including phenoxy) is 1. The van der Waals surface area contributed by atoms with Gasteiger partial charge in [0.2, 0.25) is 10.0 Å². The summed E-state index contributed by atoms with van der Waals surface area (Å²) >= 11 is 1.60. The van der Waals surface area contributed by atoms with Crippen LogP contribution in [0.2, 0.25) is 0 Å². The lowest BCUT2D eigenvalue weighted by Crippen LogP contribution is -2.35. The Balaban J connectivity index is 1.75. The van der Waals surface area contributed by atoms with Crippen LogP contribution in [0.4, 0.5) is 0 Å².